The maximum atomic E-state index is 12.4. The van der Waals surface area contributed by atoms with E-state index in [1.165, 1.54) is 0 Å². The summed E-state index contributed by atoms with van der Waals surface area (Å²) in [6.07, 6.45) is 7.85. The molecule has 0 aromatic carbocycles. The maximum absolute atomic E-state index is 12.4. The monoisotopic (exact) mass is 345 g/mol. The van der Waals surface area contributed by atoms with E-state index >= 15 is 0 Å². The molecule has 2 aromatic heterocycles. The van der Waals surface area contributed by atoms with Gasteiger partial charge in [0.2, 0.25) is 11.8 Å². The van der Waals surface area contributed by atoms with E-state index in [0.29, 0.717) is 12.3 Å². The van der Waals surface area contributed by atoms with Gasteiger partial charge in [-0.05, 0) is 31.2 Å². The Morgan fingerprint density at radius 3 is 2.80 bits per heavy atom. The van der Waals surface area contributed by atoms with Gasteiger partial charge in [-0.1, -0.05) is 19.0 Å². The highest BCUT2D eigenvalue weighted by Crippen LogP contribution is 2.28. The molecule has 0 unspecified atom stereocenters. The first kappa shape index (κ1) is 17.6. The first-order chi connectivity index (χ1) is 12.1. The van der Waals surface area contributed by atoms with Crippen LogP contribution in [0, 0.1) is 0 Å². The van der Waals surface area contributed by atoms with Crippen molar-refractivity contribution in [2.45, 2.75) is 57.8 Å². The summed E-state index contributed by atoms with van der Waals surface area (Å²) in [6, 6.07) is 0. The van der Waals surface area contributed by atoms with Crippen molar-refractivity contribution in [2.24, 2.45) is 7.05 Å². The number of carbonyl (C=O) groups excluding carboxylic acids is 1. The third kappa shape index (κ3) is 4.27. The number of likely N-dealkylation sites (tertiary alicyclic amines) is 1. The Kier molecular flexibility index (Phi) is 5.50. The lowest BCUT2D eigenvalue weighted by Gasteiger charge is -2.30. The van der Waals surface area contributed by atoms with E-state index in [0.717, 1.165) is 56.1 Å². The number of nitrogens with zero attached hydrogens (tertiary/aromatic N) is 5. The smallest absolute Gasteiger partial charge is 0.229 e. The summed E-state index contributed by atoms with van der Waals surface area (Å²) < 4.78 is 7.22. The van der Waals surface area contributed by atoms with Crippen LogP contribution < -0.4 is 0 Å². The Bertz CT molecular complexity index is 700. The quantitative estimate of drug-likeness (QED) is 0.804. The van der Waals surface area contributed by atoms with Crippen LogP contribution >= 0.6 is 0 Å². The minimum absolute atomic E-state index is 0.216. The summed E-state index contributed by atoms with van der Waals surface area (Å²) in [5.74, 6) is 2.35. The first-order valence-corrected chi connectivity index (χ1v) is 9.15. The van der Waals surface area contributed by atoms with Gasteiger partial charge in [-0.3, -0.25) is 9.48 Å². The fraction of sp³-hybridized carbons (Fsp3) is 0.667. The fourth-order valence-corrected chi connectivity index (χ4v) is 3.18. The molecule has 7 nitrogen and oxygen atoms in total. The molecule has 0 saturated carbocycles. The Hall–Kier alpha value is -2.18. The van der Waals surface area contributed by atoms with E-state index < -0.39 is 0 Å². The minimum Gasteiger partial charge on any atom is -0.343 e. The average Bonchev–Trinajstić information content (AvgIpc) is 3.28. The summed E-state index contributed by atoms with van der Waals surface area (Å²) in [6.45, 7) is 5.75. The molecule has 2 aromatic rings. The Morgan fingerprint density at radius 1 is 1.40 bits per heavy atom. The van der Waals surface area contributed by atoms with Crippen LogP contribution in [0.5, 0.6) is 0 Å². The molecule has 3 heterocycles. The molecule has 1 atom stereocenters. The molecule has 0 radical (unpaired) electrons. The van der Waals surface area contributed by atoms with E-state index in [-0.39, 0.29) is 11.8 Å². The van der Waals surface area contributed by atoms with Crippen molar-refractivity contribution in [3.63, 3.8) is 0 Å². The molecule has 0 bridgehead atoms. The number of amides is 1. The zero-order chi connectivity index (χ0) is 17.8. The molecule has 0 N–H and O–H groups in total. The molecule has 1 aliphatic heterocycles. The highest BCUT2D eigenvalue weighted by Gasteiger charge is 2.27. The van der Waals surface area contributed by atoms with Crippen LogP contribution in [-0.4, -0.2) is 43.8 Å². The number of rotatable bonds is 6. The van der Waals surface area contributed by atoms with Crippen LogP contribution in [-0.2, 0) is 18.3 Å². The van der Waals surface area contributed by atoms with E-state index in [9.17, 15) is 4.79 Å². The van der Waals surface area contributed by atoms with Gasteiger partial charge in [0.1, 0.15) is 0 Å². The van der Waals surface area contributed by atoms with Gasteiger partial charge in [0.15, 0.2) is 5.82 Å². The molecule has 0 aliphatic carbocycles. The summed E-state index contributed by atoms with van der Waals surface area (Å²) in [7, 11) is 1.89. The summed E-state index contributed by atoms with van der Waals surface area (Å²) in [4.78, 5) is 18.9. The molecule has 1 saturated heterocycles. The average molecular weight is 345 g/mol. The Labute approximate surface area is 148 Å². The predicted octanol–water partition coefficient (Wildman–Crippen LogP) is 2.66. The van der Waals surface area contributed by atoms with Crippen molar-refractivity contribution >= 4 is 5.91 Å². The van der Waals surface area contributed by atoms with E-state index in [2.05, 4.69) is 29.1 Å². The van der Waals surface area contributed by atoms with Crippen molar-refractivity contribution in [1.82, 2.24) is 24.8 Å². The molecule has 1 fully saturated rings. The van der Waals surface area contributed by atoms with Crippen molar-refractivity contribution in [3.8, 4) is 0 Å². The lowest BCUT2D eigenvalue weighted by atomic mass is 9.96. The van der Waals surface area contributed by atoms with Crippen LogP contribution in [0.1, 0.15) is 68.6 Å². The Balaban J connectivity index is 1.47. The number of carbonyl (C=O) groups is 1. The summed E-state index contributed by atoms with van der Waals surface area (Å²) in [5.41, 5.74) is 1.11. The standard InChI is InChI=1S/C18H27N5O2/c1-4-13(2)17-20-18(25-21-17)15-7-9-23(10-8-15)16(24)6-5-14-11-19-22(3)12-14/h11-13,15H,4-10H2,1-3H3/t13-/m1/s1. The van der Waals surface area contributed by atoms with Crippen LogP contribution in [0.3, 0.4) is 0 Å². The van der Waals surface area contributed by atoms with E-state index in [1.807, 2.05) is 24.3 Å². The van der Waals surface area contributed by atoms with Gasteiger partial charge >= 0.3 is 0 Å². The van der Waals surface area contributed by atoms with Gasteiger partial charge in [-0.15, -0.1) is 0 Å². The van der Waals surface area contributed by atoms with Gasteiger partial charge < -0.3 is 9.42 Å². The number of piperidine rings is 1. The molecular formula is C18H27N5O2. The normalized spacial score (nSPS) is 17.0. The molecule has 1 amide bonds. The zero-order valence-electron chi connectivity index (χ0n) is 15.3. The third-order valence-electron chi connectivity index (χ3n) is 5.09. The van der Waals surface area contributed by atoms with Crippen LogP contribution in [0.2, 0.25) is 0 Å². The van der Waals surface area contributed by atoms with Crippen LogP contribution in [0.15, 0.2) is 16.9 Å². The van der Waals surface area contributed by atoms with Gasteiger partial charge in [-0.2, -0.15) is 10.1 Å². The van der Waals surface area contributed by atoms with Gasteiger partial charge in [-0.25, -0.2) is 0 Å². The van der Waals surface area contributed by atoms with Crippen molar-refractivity contribution in [2.75, 3.05) is 13.1 Å². The second-order valence-corrected chi connectivity index (χ2v) is 6.98. The molecule has 7 heteroatoms. The lowest BCUT2D eigenvalue weighted by molar-refractivity contribution is -0.132. The molecule has 3 rings (SSSR count). The zero-order valence-corrected chi connectivity index (χ0v) is 15.3. The fourth-order valence-electron chi connectivity index (χ4n) is 3.18. The van der Waals surface area contributed by atoms with Crippen molar-refractivity contribution in [1.29, 1.82) is 0 Å². The van der Waals surface area contributed by atoms with Crippen molar-refractivity contribution < 1.29 is 9.32 Å². The van der Waals surface area contributed by atoms with Gasteiger partial charge in [0.05, 0.1) is 6.20 Å². The maximum Gasteiger partial charge on any atom is 0.229 e. The van der Waals surface area contributed by atoms with E-state index in [4.69, 9.17) is 4.52 Å². The number of aryl methyl sites for hydroxylation is 2. The van der Waals surface area contributed by atoms with Crippen LogP contribution in [0.4, 0.5) is 0 Å². The number of hydrogen-bond acceptors (Lipinski definition) is 5. The highest BCUT2D eigenvalue weighted by molar-refractivity contribution is 5.76. The second kappa shape index (κ2) is 7.80. The number of hydrogen-bond donors (Lipinski definition) is 0. The lowest BCUT2D eigenvalue weighted by Crippen LogP contribution is -2.38. The number of aromatic nitrogens is 4. The highest BCUT2D eigenvalue weighted by atomic mass is 16.5. The largest absolute Gasteiger partial charge is 0.343 e. The van der Waals surface area contributed by atoms with Gasteiger partial charge in [0, 0.05) is 44.6 Å². The molecular weight excluding hydrogens is 318 g/mol. The first-order valence-electron chi connectivity index (χ1n) is 9.15. The van der Waals surface area contributed by atoms with Crippen molar-refractivity contribution in [3.05, 3.63) is 29.7 Å². The topological polar surface area (TPSA) is 77.0 Å². The summed E-state index contributed by atoms with van der Waals surface area (Å²) in [5, 5.41) is 8.25. The predicted molar refractivity (Wildman–Crippen MR) is 93.1 cm³/mol. The summed E-state index contributed by atoms with van der Waals surface area (Å²) >= 11 is 0. The Morgan fingerprint density at radius 2 is 2.16 bits per heavy atom. The third-order valence-corrected chi connectivity index (χ3v) is 5.09. The molecule has 1 aliphatic rings. The van der Waals surface area contributed by atoms with E-state index in [1.54, 1.807) is 4.68 Å². The van der Waals surface area contributed by atoms with Crippen LogP contribution in [0.25, 0.3) is 0 Å². The SMILES string of the molecule is CC[C@@H](C)c1noc(C2CCN(C(=O)CCc3cnn(C)c3)CC2)n1. The molecule has 0 spiro atoms. The molecule has 136 valence electrons. The van der Waals surface area contributed by atoms with Gasteiger partial charge in [0.25, 0.3) is 0 Å². The minimum atomic E-state index is 0.216. The molecule has 25 heavy (non-hydrogen) atoms. The second-order valence-electron chi connectivity index (χ2n) is 6.98.